The number of aliphatic hydroxyl groups is 2. The van der Waals surface area contributed by atoms with Crippen LogP contribution in [0.15, 0.2) is 0 Å². The number of ether oxygens (including phenoxy) is 2. The van der Waals surface area contributed by atoms with E-state index >= 15 is 0 Å². The number of methoxy groups -OCH3 is 1. The van der Waals surface area contributed by atoms with E-state index in [9.17, 15) is 0 Å². The number of hydrogen-bond donors (Lipinski definition) is 2. The van der Waals surface area contributed by atoms with E-state index in [-0.39, 0.29) is 12.9 Å². The highest BCUT2D eigenvalue weighted by molar-refractivity contribution is 4.76. The van der Waals surface area contributed by atoms with Crippen LogP contribution >= 0.6 is 0 Å². The Morgan fingerprint density at radius 1 is 1.70 bits per heavy atom. The van der Waals surface area contributed by atoms with E-state index in [0.717, 1.165) is 0 Å². The van der Waals surface area contributed by atoms with E-state index in [1.165, 1.54) is 7.11 Å². The SMILES string of the molecule is COC1CC(O)[C@@H](CO)O1. The van der Waals surface area contributed by atoms with Crippen molar-refractivity contribution >= 4 is 0 Å². The maximum atomic E-state index is 9.13. The van der Waals surface area contributed by atoms with Crippen LogP contribution < -0.4 is 0 Å². The van der Waals surface area contributed by atoms with Crippen molar-refractivity contribution in [3.05, 3.63) is 0 Å². The molecule has 4 nitrogen and oxygen atoms in total. The molecule has 0 saturated carbocycles. The molecule has 0 spiro atoms. The first-order valence-corrected chi connectivity index (χ1v) is 3.25. The molecule has 0 aromatic heterocycles. The monoisotopic (exact) mass is 148 g/mol. The molecule has 2 N–H and O–H groups in total. The molecule has 0 aliphatic carbocycles. The third-order valence-electron chi connectivity index (χ3n) is 1.63. The average molecular weight is 148 g/mol. The Morgan fingerprint density at radius 3 is 2.70 bits per heavy atom. The minimum Gasteiger partial charge on any atom is -0.394 e. The zero-order chi connectivity index (χ0) is 7.56. The molecule has 0 aromatic rings. The molecule has 10 heavy (non-hydrogen) atoms. The minimum atomic E-state index is -0.588. The van der Waals surface area contributed by atoms with E-state index in [2.05, 4.69) is 0 Å². The second-order valence-corrected chi connectivity index (χ2v) is 2.33. The standard InChI is InChI=1S/C6H12O4/c1-9-6-2-4(8)5(3-7)10-6/h4-8H,2-3H2,1H3/t4?,5-,6?/m1/s1. The number of rotatable bonds is 2. The Morgan fingerprint density at radius 2 is 2.40 bits per heavy atom. The van der Waals surface area contributed by atoms with Crippen molar-refractivity contribution in [3.8, 4) is 0 Å². The minimum absolute atomic E-state index is 0.152. The lowest BCUT2D eigenvalue weighted by atomic mass is 10.2. The summed E-state index contributed by atoms with van der Waals surface area (Å²) in [6.07, 6.45) is -0.964. The molecule has 60 valence electrons. The first-order valence-electron chi connectivity index (χ1n) is 3.25. The molecule has 0 radical (unpaired) electrons. The van der Waals surface area contributed by atoms with E-state index in [0.29, 0.717) is 6.42 Å². The Kier molecular flexibility index (Phi) is 2.62. The van der Waals surface area contributed by atoms with Gasteiger partial charge in [-0.25, -0.2) is 0 Å². The Hall–Kier alpha value is -0.160. The lowest BCUT2D eigenvalue weighted by Gasteiger charge is -2.09. The summed E-state index contributed by atoms with van der Waals surface area (Å²) >= 11 is 0. The van der Waals surface area contributed by atoms with Crippen LogP contribution in [-0.2, 0) is 9.47 Å². The van der Waals surface area contributed by atoms with Gasteiger partial charge in [-0.05, 0) is 0 Å². The van der Waals surface area contributed by atoms with Gasteiger partial charge in [-0.15, -0.1) is 0 Å². The molecular weight excluding hydrogens is 136 g/mol. The molecule has 2 unspecified atom stereocenters. The van der Waals surface area contributed by atoms with E-state index in [4.69, 9.17) is 19.7 Å². The number of hydrogen-bond acceptors (Lipinski definition) is 4. The average Bonchev–Trinajstić information content (AvgIpc) is 2.30. The van der Waals surface area contributed by atoms with Crippen LogP contribution in [0.3, 0.4) is 0 Å². The largest absolute Gasteiger partial charge is 0.394 e. The van der Waals surface area contributed by atoms with Crippen molar-refractivity contribution in [3.63, 3.8) is 0 Å². The second-order valence-electron chi connectivity index (χ2n) is 2.33. The van der Waals surface area contributed by atoms with Gasteiger partial charge < -0.3 is 19.7 Å². The molecule has 3 atom stereocenters. The van der Waals surface area contributed by atoms with Crippen LogP contribution in [0.25, 0.3) is 0 Å². The Labute approximate surface area is 59.4 Å². The molecule has 1 rings (SSSR count). The van der Waals surface area contributed by atoms with Gasteiger partial charge in [-0.2, -0.15) is 0 Å². The van der Waals surface area contributed by atoms with E-state index in [1.54, 1.807) is 0 Å². The summed E-state index contributed by atoms with van der Waals surface area (Å²) in [7, 11) is 1.51. The van der Waals surface area contributed by atoms with Gasteiger partial charge in [0.1, 0.15) is 6.10 Å². The fraction of sp³-hybridized carbons (Fsp3) is 1.00. The summed E-state index contributed by atoms with van der Waals surface area (Å²) in [5.41, 5.74) is 0. The highest BCUT2D eigenvalue weighted by atomic mass is 16.7. The van der Waals surface area contributed by atoms with Crippen molar-refractivity contribution in [1.29, 1.82) is 0 Å². The molecule has 0 amide bonds. The van der Waals surface area contributed by atoms with Gasteiger partial charge in [0.2, 0.25) is 0 Å². The quantitative estimate of drug-likeness (QED) is 0.533. The molecular formula is C6H12O4. The van der Waals surface area contributed by atoms with Crippen LogP contribution in [-0.4, -0.2) is 42.4 Å². The van der Waals surface area contributed by atoms with Crippen LogP contribution in [0.5, 0.6) is 0 Å². The molecule has 0 aromatic carbocycles. The zero-order valence-electron chi connectivity index (χ0n) is 5.86. The summed E-state index contributed by atoms with van der Waals surface area (Å²) in [6, 6.07) is 0. The van der Waals surface area contributed by atoms with Gasteiger partial charge in [0.15, 0.2) is 6.29 Å². The van der Waals surface area contributed by atoms with Gasteiger partial charge >= 0.3 is 0 Å². The Balaban J connectivity index is 2.36. The third-order valence-corrected chi connectivity index (χ3v) is 1.63. The van der Waals surface area contributed by atoms with Gasteiger partial charge in [0, 0.05) is 13.5 Å². The lowest BCUT2D eigenvalue weighted by Crippen LogP contribution is -2.24. The predicted molar refractivity (Wildman–Crippen MR) is 33.4 cm³/mol. The highest BCUT2D eigenvalue weighted by Crippen LogP contribution is 2.19. The van der Waals surface area contributed by atoms with Gasteiger partial charge in [-0.3, -0.25) is 0 Å². The molecule has 1 aliphatic heterocycles. The second kappa shape index (κ2) is 3.30. The fourth-order valence-corrected chi connectivity index (χ4v) is 1.01. The zero-order valence-corrected chi connectivity index (χ0v) is 5.86. The van der Waals surface area contributed by atoms with Crippen molar-refractivity contribution in [2.75, 3.05) is 13.7 Å². The fourth-order valence-electron chi connectivity index (χ4n) is 1.01. The summed E-state index contributed by atoms with van der Waals surface area (Å²) in [4.78, 5) is 0. The van der Waals surface area contributed by atoms with Crippen LogP contribution in [0.4, 0.5) is 0 Å². The predicted octanol–water partition coefficient (Wildman–Crippen LogP) is -0.899. The summed E-state index contributed by atoms with van der Waals surface area (Å²) in [5.74, 6) is 0. The maximum Gasteiger partial charge on any atom is 0.160 e. The van der Waals surface area contributed by atoms with E-state index in [1.807, 2.05) is 0 Å². The first kappa shape index (κ1) is 7.94. The number of aliphatic hydroxyl groups excluding tert-OH is 2. The molecule has 1 fully saturated rings. The van der Waals surface area contributed by atoms with Crippen LogP contribution in [0.1, 0.15) is 6.42 Å². The van der Waals surface area contributed by atoms with Crippen molar-refractivity contribution in [2.45, 2.75) is 24.9 Å². The Bertz CT molecular complexity index is 106. The third kappa shape index (κ3) is 1.46. The normalized spacial score (nSPS) is 40.5. The van der Waals surface area contributed by atoms with Crippen LogP contribution in [0, 0.1) is 0 Å². The molecule has 4 heteroatoms. The van der Waals surface area contributed by atoms with Gasteiger partial charge in [0.25, 0.3) is 0 Å². The summed E-state index contributed by atoms with van der Waals surface area (Å²) in [5, 5.41) is 17.7. The lowest BCUT2D eigenvalue weighted by molar-refractivity contribution is -0.127. The molecule has 1 heterocycles. The van der Waals surface area contributed by atoms with Gasteiger partial charge in [-0.1, -0.05) is 0 Å². The first-order chi connectivity index (χ1) is 4.77. The van der Waals surface area contributed by atoms with Crippen molar-refractivity contribution in [1.82, 2.24) is 0 Å². The molecule has 1 aliphatic rings. The van der Waals surface area contributed by atoms with Crippen molar-refractivity contribution in [2.24, 2.45) is 0 Å². The summed E-state index contributed by atoms with van der Waals surface area (Å²) in [6.45, 7) is -0.152. The topological polar surface area (TPSA) is 58.9 Å². The molecule has 0 bridgehead atoms. The molecule has 1 saturated heterocycles. The van der Waals surface area contributed by atoms with Crippen molar-refractivity contribution < 1.29 is 19.7 Å². The summed E-state index contributed by atoms with van der Waals surface area (Å²) < 4.78 is 9.87. The maximum absolute atomic E-state index is 9.13. The highest BCUT2D eigenvalue weighted by Gasteiger charge is 2.32. The van der Waals surface area contributed by atoms with E-state index < -0.39 is 12.2 Å². The van der Waals surface area contributed by atoms with Gasteiger partial charge in [0.05, 0.1) is 12.7 Å². The van der Waals surface area contributed by atoms with Crippen LogP contribution in [0.2, 0.25) is 0 Å². The smallest absolute Gasteiger partial charge is 0.160 e.